The number of hydrogen-bond donors (Lipinski definition) is 1. The Labute approximate surface area is 116 Å². The highest BCUT2D eigenvalue weighted by molar-refractivity contribution is 14.1. The summed E-state index contributed by atoms with van der Waals surface area (Å²) >= 11 is 5.65. The third kappa shape index (κ3) is 1.61. The van der Waals surface area contributed by atoms with E-state index in [4.69, 9.17) is 0 Å². The molecule has 2 nitrogen and oxygen atoms in total. The molecule has 1 aromatic rings. The summed E-state index contributed by atoms with van der Waals surface area (Å²) in [6.07, 6.45) is 3.55. The fourth-order valence-corrected chi connectivity index (χ4v) is 3.59. The van der Waals surface area contributed by atoms with Gasteiger partial charge in [-0.25, -0.2) is 0 Å². The Morgan fingerprint density at radius 1 is 1.44 bits per heavy atom. The van der Waals surface area contributed by atoms with Crippen LogP contribution < -0.4 is 5.32 Å². The lowest BCUT2D eigenvalue weighted by Gasteiger charge is -2.61. The molecule has 0 spiro atoms. The van der Waals surface area contributed by atoms with Crippen molar-refractivity contribution in [3.63, 3.8) is 0 Å². The number of nitrogens with one attached hydrogen (secondary N) is 1. The van der Waals surface area contributed by atoms with Crippen LogP contribution in [0.4, 0.5) is 0 Å². The summed E-state index contributed by atoms with van der Waals surface area (Å²) < 4.78 is 1.97. The van der Waals surface area contributed by atoms with Crippen molar-refractivity contribution in [3.8, 4) is 0 Å². The Morgan fingerprint density at radius 3 is 2.69 bits per heavy atom. The lowest BCUT2D eigenvalue weighted by atomic mass is 9.50. The van der Waals surface area contributed by atoms with Crippen molar-refractivity contribution in [3.05, 3.63) is 31.8 Å². The van der Waals surface area contributed by atoms with E-state index in [9.17, 15) is 4.79 Å². The SMILES string of the molecule is O=C(NC12CC(C1)C2)c1cccc(Br)c1I. The van der Waals surface area contributed by atoms with Crippen molar-refractivity contribution in [1.29, 1.82) is 0 Å². The topological polar surface area (TPSA) is 29.1 Å². The van der Waals surface area contributed by atoms with Gasteiger partial charge in [0.05, 0.1) is 5.56 Å². The van der Waals surface area contributed by atoms with Crippen molar-refractivity contribution in [2.75, 3.05) is 0 Å². The first-order valence-corrected chi connectivity index (χ1v) is 7.23. The number of halogens is 2. The molecule has 84 valence electrons. The normalized spacial score (nSPS) is 30.2. The molecule has 0 atom stereocenters. The van der Waals surface area contributed by atoms with Gasteiger partial charge in [0, 0.05) is 13.6 Å². The number of rotatable bonds is 2. The van der Waals surface area contributed by atoms with E-state index in [1.54, 1.807) is 0 Å². The highest BCUT2D eigenvalue weighted by atomic mass is 127. The lowest BCUT2D eigenvalue weighted by Crippen LogP contribution is -2.68. The van der Waals surface area contributed by atoms with Crippen molar-refractivity contribution in [2.45, 2.75) is 24.8 Å². The number of carbonyl (C=O) groups is 1. The minimum absolute atomic E-state index is 0.0730. The summed E-state index contributed by atoms with van der Waals surface area (Å²) in [7, 11) is 0. The van der Waals surface area contributed by atoms with Gasteiger partial charge in [-0.1, -0.05) is 6.07 Å². The smallest absolute Gasteiger partial charge is 0.252 e. The minimum atomic E-state index is 0.0730. The van der Waals surface area contributed by atoms with Gasteiger partial charge in [-0.2, -0.15) is 0 Å². The maximum atomic E-state index is 12.1. The second-order valence-corrected chi connectivity index (χ2v) is 6.75. The molecule has 2 bridgehead atoms. The molecule has 0 unspecified atom stereocenters. The standard InChI is InChI=1S/C12H11BrINO/c13-9-3-1-2-8(10(9)14)11(16)15-12-4-7(5-12)6-12/h1-3,7H,4-6H2,(H,15,16). The van der Waals surface area contributed by atoms with Gasteiger partial charge in [0.1, 0.15) is 0 Å². The second kappa shape index (κ2) is 3.70. The highest BCUT2D eigenvalue weighted by Crippen LogP contribution is 2.57. The minimum Gasteiger partial charge on any atom is -0.347 e. The van der Waals surface area contributed by atoms with Crippen LogP contribution in [0.25, 0.3) is 0 Å². The maximum absolute atomic E-state index is 12.1. The van der Waals surface area contributed by atoms with Crippen LogP contribution in [0, 0.1) is 9.49 Å². The molecule has 0 saturated heterocycles. The molecule has 16 heavy (non-hydrogen) atoms. The molecular formula is C12H11BrINO. The van der Waals surface area contributed by atoms with Gasteiger partial charge < -0.3 is 5.32 Å². The van der Waals surface area contributed by atoms with Crippen molar-refractivity contribution in [1.82, 2.24) is 5.32 Å². The zero-order valence-corrected chi connectivity index (χ0v) is 12.3. The fraction of sp³-hybridized carbons (Fsp3) is 0.417. The van der Waals surface area contributed by atoms with Crippen LogP contribution in [-0.2, 0) is 0 Å². The molecule has 0 aliphatic heterocycles. The van der Waals surface area contributed by atoms with Crippen LogP contribution in [0.5, 0.6) is 0 Å². The zero-order valence-electron chi connectivity index (χ0n) is 8.59. The molecule has 1 N–H and O–H groups in total. The quantitative estimate of drug-likeness (QED) is 0.769. The molecular weight excluding hydrogens is 381 g/mol. The van der Waals surface area contributed by atoms with E-state index in [0.29, 0.717) is 0 Å². The Balaban J connectivity index is 1.80. The van der Waals surface area contributed by atoms with Gasteiger partial charge in [0.2, 0.25) is 0 Å². The summed E-state index contributed by atoms with van der Waals surface area (Å²) in [5.74, 6) is 0.964. The molecule has 0 heterocycles. The van der Waals surface area contributed by atoms with Crippen molar-refractivity contribution in [2.24, 2.45) is 5.92 Å². The molecule has 3 fully saturated rings. The van der Waals surface area contributed by atoms with Gasteiger partial charge >= 0.3 is 0 Å². The number of hydrogen-bond acceptors (Lipinski definition) is 1. The van der Waals surface area contributed by atoms with E-state index in [2.05, 4.69) is 43.8 Å². The van der Waals surface area contributed by atoms with Gasteiger partial charge in [0.25, 0.3) is 5.91 Å². The molecule has 1 aromatic carbocycles. The van der Waals surface area contributed by atoms with E-state index in [-0.39, 0.29) is 11.4 Å². The maximum Gasteiger partial charge on any atom is 0.252 e. The molecule has 3 aliphatic carbocycles. The first-order valence-electron chi connectivity index (χ1n) is 5.36. The average Bonchev–Trinajstić information content (AvgIpc) is 2.13. The Morgan fingerprint density at radius 2 is 2.12 bits per heavy atom. The van der Waals surface area contributed by atoms with Gasteiger partial charge in [-0.3, -0.25) is 4.79 Å². The van der Waals surface area contributed by atoms with Crippen molar-refractivity contribution < 1.29 is 4.79 Å². The first kappa shape index (κ1) is 11.0. The van der Waals surface area contributed by atoms with E-state index >= 15 is 0 Å². The Hall–Kier alpha value is -0.100. The number of amides is 1. The van der Waals surface area contributed by atoms with Gasteiger partial charge in [-0.05, 0) is 75.8 Å². The molecule has 0 aromatic heterocycles. The van der Waals surface area contributed by atoms with Crippen molar-refractivity contribution >= 4 is 44.4 Å². The van der Waals surface area contributed by atoms with Crippen LogP contribution in [0.2, 0.25) is 0 Å². The average molecular weight is 392 g/mol. The summed E-state index contributed by atoms with van der Waals surface area (Å²) in [5.41, 5.74) is 0.937. The van der Waals surface area contributed by atoms with E-state index in [1.165, 1.54) is 19.3 Å². The summed E-state index contributed by atoms with van der Waals surface area (Å²) in [5, 5.41) is 3.18. The molecule has 1 amide bonds. The lowest BCUT2D eigenvalue weighted by molar-refractivity contribution is -0.0438. The monoisotopic (exact) mass is 391 g/mol. The Bertz CT molecular complexity index is 457. The second-order valence-electron chi connectivity index (χ2n) is 4.81. The summed E-state index contributed by atoms with van der Waals surface area (Å²) in [6, 6.07) is 5.75. The highest BCUT2D eigenvalue weighted by Gasteiger charge is 2.57. The van der Waals surface area contributed by atoms with E-state index < -0.39 is 0 Å². The molecule has 4 heteroatoms. The number of benzene rings is 1. The van der Waals surface area contributed by atoms with E-state index in [1.807, 2.05) is 18.2 Å². The summed E-state index contributed by atoms with van der Waals surface area (Å²) in [4.78, 5) is 12.1. The van der Waals surface area contributed by atoms with Crippen LogP contribution in [0.15, 0.2) is 22.7 Å². The van der Waals surface area contributed by atoms with Crippen LogP contribution in [-0.4, -0.2) is 11.4 Å². The van der Waals surface area contributed by atoms with Gasteiger partial charge in [-0.15, -0.1) is 0 Å². The van der Waals surface area contributed by atoms with Gasteiger partial charge in [0.15, 0.2) is 0 Å². The largest absolute Gasteiger partial charge is 0.347 e. The molecule has 4 rings (SSSR count). The van der Waals surface area contributed by atoms with E-state index in [0.717, 1.165) is 19.5 Å². The molecule has 3 aliphatic rings. The third-order valence-corrected chi connectivity index (χ3v) is 6.18. The Kier molecular flexibility index (Phi) is 2.55. The summed E-state index contributed by atoms with van der Waals surface area (Å²) in [6.45, 7) is 0. The predicted octanol–water partition coefficient (Wildman–Crippen LogP) is 3.34. The zero-order chi connectivity index (χ0) is 11.3. The third-order valence-electron chi connectivity index (χ3n) is 3.61. The van der Waals surface area contributed by atoms with Crippen LogP contribution in [0.3, 0.4) is 0 Å². The molecule has 0 radical (unpaired) electrons. The predicted molar refractivity (Wildman–Crippen MR) is 74.4 cm³/mol. The first-order chi connectivity index (χ1) is 7.60. The van der Waals surface area contributed by atoms with Crippen LogP contribution >= 0.6 is 38.5 Å². The number of carbonyl (C=O) groups excluding carboxylic acids is 1. The molecule has 3 saturated carbocycles. The fourth-order valence-electron chi connectivity index (χ4n) is 2.62. The van der Waals surface area contributed by atoms with Crippen LogP contribution in [0.1, 0.15) is 29.6 Å².